The molecule has 112 valence electrons. The number of rotatable bonds is 6. The van der Waals surface area contributed by atoms with Crippen LogP contribution in [0.1, 0.15) is 36.9 Å². The van der Waals surface area contributed by atoms with Gasteiger partial charge in [-0.1, -0.05) is 23.7 Å². The van der Waals surface area contributed by atoms with Gasteiger partial charge in [-0.25, -0.2) is 0 Å². The summed E-state index contributed by atoms with van der Waals surface area (Å²) in [6, 6.07) is 11.3. The lowest BCUT2D eigenvalue weighted by molar-refractivity contribution is 0.157. The molecule has 2 aromatic rings. The maximum atomic E-state index is 6.33. The number of nitrogens with zero attached hydrogens (tertiary/aromatic N) is 1. The van der Waals surface area contributed by atoms with Gasteiger partial charge in [0.05, 0.1) is 6.04 Å². The molecule has 0 spiro atoms. The van der Waals surface area contributed by atoms with E-state index >= 15 is 0 Å². The monoisotopic (exact) mass is 320 g/mol. The summed E-state index contributed by atoms with van der Waals surface area (Å²) in [5, 5.41) is 5.15. The second-order valence-electron chi connectivity index (χ2n) is 5.89. The van der Waals surface area contributed by atoms with Gasteiger partial charge in [-0.3, -0.25) is 4.90 Å². The first-order valence-corrected chi connectivity index (χ1v) is 8.75. The lowest BCUT2D eigenvalue weighted by Crippen LogP contribution is -2.40. The summed E-state index contributed by atoms with van der Waals surface area (Å²) in [7, 11) is 0. The minimum Gasteiger partial charge on any atom is -0.326 e. The van der Waals surface area contributed by atoms with E-state index in [1.54, 1.807) is 11.3 Å². The lowest BCUT2D eigenvalue weighted by atomic mass is 9.98. The van der Waals surface area contributed by atoms with Crippen LogP contribution in [-0.4, -0.2) is 17.0 Å². The Balaban J connectivity index is 1.89. The van der Waals surface area contributed by atoms with Gasteiger partial charge in [-0.15, -0.1) is 0 Å². The van der Waals surface area contributed by atoms with Crippen LogP contribution in [-0.2, 0) is 6.54 Å². The predicted octanol–water partition coefficient (Wildman–Crippen LogP) is 4.45. The van der Waals surface area contributed by atoms with Crippen LogP contribution in [0, 0.1) is 0 Å². The molecule has 0 radical (unpaired) electrons. The summed E-state index contributed by atoms with van der Waals surface area (Å²) in [6.45, 7) is 3.06. The molecule has 3 rings (SSSR count). The number of hydrogen-bond acceptors (Lipinski definition) is 3. The van der Waals surface area contributed by atoms with Crippen molar-refractivity contribution in [3.63, 3.8) is 0 Å². The molecular weight excluding hydrogens is 300 g/mol. The number of hydrogen-bond donors (Lipinski definition) is 1. The van der Waals surface area contributed by atoms with Crippen molar-refractivity contribution in [2.45, 2.75) is 44.4 Å². The van der Waals surface area contributed by atoms with E-state index < -0.39 is 0 Å². The number of benzene rings is 1. The van der Waals surface area contributed by atoms with Crippen LogP contribution in [0.2, 0.25) is 5.02 Å². The molecule has 2 N–H and O–H groups in total. The fraction of sp³-hybridized carbons (Fsp3) is 0.412. The van der Waals surface area contributed by atoms with E-state index in [4.69, 9.17) is 17.3 Å². The van der Waals surface area contributed by atoms with Gasteiger partial charge < -0.3 is 5.73 Å². The Kier molecular flexibility index (Phi) is 4.65. The van der Waals surface area contributed by atoms with E-state index in [9.17, 15) is 0 Å². The average Bonchev–Trinajstić information content (AvgIpc) is 3.16. The largest absolute Gasteiger partial charge is 0.326 e. The first-order chi connectivity index (χ1) is 10.1. The zero-order valence-corrected chi connectivity index (χ0v) is 13.8. The van der Waals surface area contributed by atoms with Crippen LogP contribution in [0.25, 0.3) is 0 Å². The first-order valence-electron chi connectivity index (χ1n) is 7.43. The molecule has 0 aliphatic heterocycles. The lowest BCUT2D eigenvalue weighted by Gasteiger charge is -2.35. The Hall–Kier alpha value is -0.870. The number of thiophene rings is 1. The van der Waals surface area contributed by atoms with E-state index in [1.165, 1.54) is 24.0 Å². The number of nitrogens with two attached hydrogens (primary N) is 1. The minimum absolute atomic E-state index is 0.0719. The molecule has 0 amide bonds. The molecule has 4 heteroatoms. The van der Waals surface area contributed by atoms with E-state index in [-0.39, 0.29) is 12.1 Å². The summed E-state index contributed by atoms with van der Waals surface area (Å²) in [6.07, 6.45) is 2.54. The third-order valence-corrected chi connectivity index (χ3v) is 4.97. The SMILES string of the molecule is CC(N)C(c1cccc(Cl)c1)N(Cc1ccsc1)C1CC1. The molecule has 1 aromatic carbocycles. The Bertz CT molecular complexity index is 578. The molecule has 1 saturated carbocycles. The molecular formula is C17H21ClN2S. The van der Waals surface area contributed by atoms with Gasteiger partial charge in [0.1, 0.15) is 0 Å². The fourth-order valence-electron chi connectivity index (χ4n) is 2.94. The predicted molar refractivity (Wildman–Crippen MR) is 90.7 cm³/mol. The van der Waals surface area contributed by atoms with Crippen LogP contribution in [0.4, 0.5) is 0 Å². The third-order valence-electron chi connectivity index (χ3n) is 4.01. The highest BCUT2D eigenvalue weighted by atomic mass is 35.5. The number of halogens is 1. The van der Waals surface area contributed by atoms with Gasteiger partial charge in [-0.2, -0.15) is 11.3 Å². The summed E-state index contributed by atoms with van der Waals surface area (Å²) < 4.78 is 0. The maximum Gasteiger partial charge on any atom is 0.0503 e. The van der Waals surface area contributed by atoms with Crippen molar-refractivity contribution >= 4 is 22.9 Å². The molecule has 0 saturated heterocycles. The van der Waals surface area contributed by atoms with E-state index in [2.05, 4.69) is 40.8 Å². The standard InChI is InChI=1S/C17H21ClN2S/c1-12(19)17(14-3-2-4-15(18)9-14)20(16-5-6-16)10-13-7-8-21-11-13/h2-4,7-9,11-12,16-17H,5-6,10,19H2,1H3. The third kappa shape index (κ3) is 3.67. The molecule has 2 nitrogen and oxygen atoms in total. The van der Waals surface area contributed by atoms with Crippen LogP contribution in [0.15, 0.2) is 41.1 Å². The maximum absolute atomic E-state index is 6.33. The van der Waals surface area contributed by atoms with Crippen molar-refractivity contribution < 1.29 is 0 Å². The zero-order valence-electron chi connectivity index (χ0n) is 12.2. The van der Waals surface area contributed by atoms with Crippen LogP contribution >= 0.6 is 22.9 Å². The van der Waals surface area contributed by atoms with Gasteiger partial charge in [0, 0.05) is 23.7 Å². The molecule has 2 unspecified atom stereocenters. The first kappa shape index (κ1) is 15.0. The van der Waals surface area contributed by atoms with Crippen molar-refractivity contribution in [1.82, 2.24) is 4.90 Å². The van der Waals surface area contributed by atoms with Gasteiger partial charge in [0.15, 0.2) is 0 Å². The van der Waals surface area contributed by atoms with Gasteiger partial charge >= 0.3 is 0 Å². The molecule has 1 aromatic heterocycles. The highest BCUT2D eigenvalue weighted by molar-refractivity contribution is 7.07. The fourth-order valence-corrected chi connectivity index (χ4v) is 3.80. The van der Waals surface area contributed by atoms with Crippen molar-refractivity contribution in [3.05, 3.63) is 57.2 Å². The second-order valence-corrected chi connectivity index (χ2v) is 7.11. The topological polar surface area (TPSA) is 29.3 Å². The Labute approximate surface area is 135 Å². The molecule has 21 heavy (non-hydrogen) atoms. The highest BCUT2D eigenvalue weighted by Crippen LogP contribution is 2.37. The smallest absolute Gasteiger partial charge is 0.0503 e. The molecule has 0 bridgehead atoms. The van der Waals surface area contributed by atoms with E-state index in [1.807, 2.05) is 12.1 Å². The van der Waals surface area contributed by atoms with Gasteiger partial charge in [0.25, 0.3) is 0 Å². The zero-order chi connectivity index (χ0) is 14.8. The van der Waals surface area contributed by atoms with Crippen molar-refractivity contribution in [1.29, 1.82) is 0 Å². The summed E-state index contributed by atoms with van der Waals surface area (Å²) >= 11 is 7.93. The second kappa shape index (κ2) is 6.49. The van der Waals surface area contributed by atoms with Crippen molar-refractivity contribution in [3.8, 4) is 0 Å². The quantitative estimate of drug-likeness (QED) is 0.851. The highest BCUT2D eigenvalue weighted by Gasteiger charge is 2.36. The molecule has 1 heterocycles. The average molecular weight is 321 g/mol. The Morgan fingerprint density at radius 2 is 2.19 bits per heavy atom. The summed E-state index contributed by atoms with van der Waals surface area (Å²) in [5.41, 5.74) is 8.93. The van der Waals surface area contributed by atoms with Gasteiger partial charge in [0.2, 0.25) is 0 Å². The van der Waals surface area contributed by atoms with Crippen LogP contribution in [0.3, 0.4) is 0 Å². The van der Waals surface area contributed by atoms with Crippen LogP contribution in [0.5, 0.6) is 0 Å². The summed E-state index contributed by atoms with van der Waals surface area (Å²) in [4.78, 5) is 2.55. The molecule has 1 aliphatic carbocycles. The Morgan fingerprint density at radius 1 is 1.38 bits per heavy atom. The molecule has 1 aliphatic rings. The van der Waals surface area contributed by atoms with Crippen LogP contribution < -0.4 is 5.73 Å². The van der Waals surface area contributed by atoms with Gasteiger partial charge in [-0.05, 0) is 59.9 Å². The minimum atomic E-state index is 0.0719. The normalized spacial score (nSPS) is 17.9. The molecule has 1 fully saturated rings. The van der Waals surface area contributed by atoms with E-state index in [0.29, 0.717) is 6.04 Å². The molecule has 2 atom stereocenters. The van der Waals surface area contributed by atoms with E-state index in [0.717, 1.165) is 11.6 Å². The van der Waals surface area contributed by atoms with Crippen molar-refractivity contribution in [2.24, 2.45) is 5.73 Å². The Morgan fingerprint density at radius 3 is 2.76 bits per heavy atom. The van der Waals surface area contributed by atoms with Crippen molar-refractivity contribution in [2.75, 3.05) is 0 Å². The summed E-state index contributed by atoms with van der Waals surface area (Å²) in [5.74, 6) is 0.